The van der Waals surface area contributed by atoms with Crippen LogP contribution >= 0.6 is 11.3 Å². The summed E-state index contributed by atoms with van der Waals surface area (Å²) < 4.78 is 2.70. The van der Waals surface area contributed by atoms with Crippen molar-refractivity contribution in [2.75, 3.05) is 4.90 Å². The number of benzene rings is 7. The average molecular weight is 552 g/mol. The molecule has 1 heterocycles. The van der Waals surface area contributed by atoms with Crippen molar-refractivity contribution in [2.24, 2.45) is 0 Å². The summed E-state index contributed by atoms with van der Waals surface area (Å²) in [5.41, 5.74) is 11.1. The largest absolute Gasteiger partial charge is 0.310 e. The second-order valence-electron chi connectivity index (χ2n) is 10.9. The lowest BCUT2D eigenvalue weighted by molar-refractivity contribution is 1.28. The van der Waals surface area contributed by atoms with Gasteiger partial charge in [-0.15, -0.1) is 11.3 Å². The molecule has 1 aromatic heterocycles. The Hall–Kier alpha value is -5.18. The van der Waals surface area contributed by atoms with E-state index in [1.165, 1.54) is 64.3 Å². The molecule has 0 bridgehead atoms. The van der Waals surface area contributed by atoms with Crippen molar-refractivity contribution >= 4 is 59.3 Å². The van der Waals surface area contributed by atoms with Crippen LogP contribution in [0.3, 0.4) is 0 Å². The van der Waals surface area contributed by atoms with Gasteiger partial charge >= 0.3 is 0 Å². The second kappa shape index (κ2) is 9.17. The topological polar surface area (TPSA) is 3.24 Å². The Morgan fingerprint density at radius 3 is 1.81 bits per heavy atom. The molecule has 42 heavy (non-hydrogen) atoms. The van der Waals surface area contributed by atoms with Crippen molar-refractivity contribution in [3.8, 4) is 33.4 Å². The van der Waals surface area contributed by atoms with Crippen LogP contribution in [0, 0.1) is 0 Å². The predicted molar refractivity (Wildman–Crippen MR) is 181 cm³/mol. The van der Waals surface area contributed by atoms with Crippen LogP contribution in [0.25, 0.3) is 64.3 Å². The van der Waals surface area contributed by atoms with Gasteiger partial charge in [0.05, 0.1) is 0 Å². The number of hydrogen-bond donors (Lipinski definition) is 0. The number of rotatable bonds is 4. The Morgan fingerprint density at radius 1 is 0.357 bits per heavy atom. The van der Waals surface area contributed by atoms with Crippen LogP contribution in [-0.2, 0) is 0 Å². The summed E-state index contributed by atoms with van der Waals surface area (Å²) in [7, 11) is 0. The first-order chi connectivity index (χ1) is 20.8. The second-order valence-corrected chi connectivity index (χ2v) is 12.0. The fraction of sp³-hybridized carbons (Fsp3) is 0. The molecule has 0 fully saturated rings. The molecule has 0 spiro atoms. The molecule has 8 aromatic rings. The quantitative estimate of drug-likeness (QED) is 0.210. The molecule has 1 aliphatic carbocycles. The fourth-order valence-corrected chi connectivity index (χ4v) is 7.86. The van der Waals surface area contributed by atoms with E-state index in [2.05, 4.69) is 157 Å². The first-order valence-electron chi connectivity index (χ1n) is 14.4. The molecule has 196 valence electrons. The third-order valence-electron chi connectivity index (χ3n) is 8.59. The highest BCUT2D eigenvalue weighted by molar-refractivity contribution is 7.26. The summed E-state index contributed by atoms with van der Waals surface area (Å²) in [6, 6.07) is 55.3. The summed E-state index contributed by atoms with van der Waals surface area (Å²) in [4.78, 5) is 2.37. The summed E-state index contributed by atoms with van der Waals surface area (Å²) >= 11 is 1.90. The molecule has 0 amide bonds. The van der Waals surface area contributed by atoms with Gasteiger partial charge in [0, 0.05) is 37.2 Å². The van der Waals surface area contributed by atoms with E-state index in [1.807, 2.05) is 11.3 Å². The van der Waals surface area contributed by atoms with E-state index in [4.69, 9.17) is 0 Å². The lowest BCUT2D eigenvalue weighted by atomic mass is 9.93. The number of hydrogen-bond acceptors (Lipinski definition) is 2. The molecule has 7 aromatic carbocycles. The molecule has 1 aliphatic rings. The third kappa shape index (κ3) is 3.49. The molecule has 1 nitrogen and oxygen atoms in total. The normalized spacial score (nSPS) is 11.8. The van der Waals surface area contributed by atoms with Gasteiger partial charge in [0.2, 0.25) is 0 Å². The smallest absolute Gasteiger partial charge is 0.0468 e. The van der Waals surface area contributed by atoms with Crippen molar-refractivity contribution in [3.05, 3.63) is 152 Å². The van der Waals surface area contributed by atoms with Gasteiger partial charge in [0.15, 0.2) is 0 Å². The van der Waals surface area contributed by atoms with Crippen molar-refractivity contribution < 1.29 is 0 Å². The highest BCUT2D eigenvalue weighted by atomic mass is 32.1. The van der Waals surface area contributed by atoms with Crippen molar-refractivity contribution in [2.45, 2.75) is 0 Å². The minimum absolute atomic E-state index is 1.14. The van der Waals surface area contributed by atoms with Crippen molar-refractivity contribution in [1.29, 1.82) is 0 Å². The van der Waals surface area contributed by atoms with Gasteiger partial charge in [-0.3, -0.25) is 0 Å². The standard InChI is InChI=1S/C40H25NS/c1-3-9-26(10-4-1)27-17-20-30(21-18-27)41(29-12-5-2-6-13-29)31-22-23-32-33-14-7-11-28-19-24-37-40(38(28)33)39-34(35(32)25-31)15-8-16-36(39)42-37/h1-25H. The molecule has 0 atom stereocenters. The molecular weight excluding hydrogens is 527 g/mol. The fourth-order valence-electron chi connectivity index (χ4n) is 6.72. The summed E-state index contributed by atoms with van der Waals surface area (Å²) in [6.07, 6.45) is 0. The van der Waals surface area contributed by atoms with Crippen LogP contribution < -0.4 is 4.90 Å². The van der Waals surface area contributed by atoms with Gasteiger partial charge in [-0.2, -0.15) is 0 Å². The third-order valence-corrected chi connectivity index (χ3v) is 9.71. The van der Waals surface area contributed by atoms with Crippen molar-refractivity contribution in [3.63, 3.8) is 0 Å². The first-order valence-corrected chi connectivity index (χ1v) is 15.2. The first kappa shape index (κ1) is 23.5. The molecule has 2 heteroatoms. The molecule has 0 aliphatic heterocycles. The maximum Gasteiger partial charge on any atom is 0.0468 e. The minimum Gasteiger partial charge on any atom is -0.310 e. The Morgan fingerprint density at radius 2 is 1.00 bits per heavy atom. The molecule has 0 N–H and O–H groups in total. The Kier molecular flexibility index (Phi) is 5.13. The van der Waals surface area contributed by atoms with E-state index < -0.39 is 0 Å². The number of fused-ring (bicyclic) bond motifs is 3. The zero-order valence-electron chi connectivity index (χ0n) is 22.8. The zero-order chi connectivity index (χ0) is 27.6. The van der Waals surface area contributed by atoms with Gasteiger partial charge < -0.3 is 4.90 Å². The number of anilines is 3. The summed E-state index contributed by atoms with van der Waals surface area (Å²) in [5, 5.41) is 5.45. The van der Waals surface area contributed by atoms with Crippen LogP contribution in [0.15, 0.2) is 152 Å². The summed E-state index contributed by atoms with van der Waals surface area (Å²) in [6.45, 7) is 0. The van der Waals surface area contributed by atoms with Gasteiger partial charge in [0.25, 0.3) is 0 Å². The Bertz CT molecular complexity index is 2280. The van der Waals surface area contributed by atoms with Crippen LogP contribution in [0.1, 0.15) is 0 Å². The monoisotopic (exact) mass is 551 g/mol. The van der Waals surface area contributed by atoms with Crippen LogP contribution in [0.2, 0.25) is 0 Å². The van der Waals surface area contributed by atoms with E-state index in [1.54, 1.807) is 0 Å². The van der Waals surface area contributed by atoms with Crippen molar-refractivity contribution in [1.82, 2.24) is 0 Å². The van der Waals surface area contributed by atoms with E-state index in [0.29, 0.717) is 0 Å². The Balaban J connectivity index is 1.28. The highest BCUT2D eigenvalue weighted by Crippen LogP contribution is 2.51. The molecule has 0 saturated heterocycles. The Labute approximate surface area is 248 Å². The lowest BCUT2D eigenvalue weighted by Crippen LogP contribution is -2.10. The minimum atomic E-state index is 1.14. The maximum atomic E-state index is 2.40. The van der Waals surface area contributed by atoms with E-state index >= 15 is 0 Å². The zero-order valence-corrected chi connectivity index (χ0v) is 23.6. The number of thiophene rings is 1. The molecule has 0 radical (unpaired) electrons. The SMILES string of the molecule is c1ccc(-c2ccc(N(c3ccccc3)c3ccc4c(c3)-c3cccc5sc6ccc7cccc-4c7c6c35)cc2)cc1. The van der Waals surface area contributed by atoms with Gasteiger partial charge in [0.1, 0.15) is 0 Å². The van der Waals surface area contributed by atoms with E-state index in [0.717, 1.165) is 17.1 Å². The van der Waals surface area contributed by atoms with E-state index in [9.17, 15) is 0 Å². The van der Waals surface area contributed by atoms with Crippen LogP contribution in [0.5, 0.6) is 0 Å². The molecule has 0 unspecified atom stereocenters. The number of para-hydroxylation sites is 1. The molecule has 0 saturated carbocycles. The van der Waals surface area contributed by atoms with Gasteiger partial charge in [-0.05, 0) is 92.7 Å². The highest BCUT2D eigenvalue weighted by Gasteiger charge is 2.23. The van der Waals surface area contributed by atoms with Crippen LogP contribution in [0.4, 0.5) is 17.1 Å². The van der Waals surface area contributed by atoms with Crippen LogP contribution in [-0.4, -0.2) is 0 Å². The van der Waals surface area contributed by atoms with Gasteiger partial charge in [-0.25, -0.2) is 0 Å². The van der Waals surface area contributed by atoms with Gasteiger partial charge in [-0.1, -0.05) is 103 Å². The average Bonchev–Trinajstić information content (AvgIpc) is 3.39. The predicted octanol–water partition coefficient (Wildman–Crippen LogP) is 12.0. The lowest BCUT2D eigenvalue weighted by Gasteiger charge is -2.27. The molecular formula is C40H25NS. The molecule has 9 rings (SSSR count). The number of nitrogens with zero attached hydrogens (tertiary/aromatic N) is 1. The maximum absolute atomic E-state index is 2.40. The summed E-state index contributed by atoms with van der Waals surface area (Å²) in [5.74, 6) is 0. The van der Waals surface area contributed by atoms with E-state index in [-0.39, 0.29) is 0 Å².